The second kappa shape index (κ2) is 5.48. The van der Waals surface area contributed by atoms with Crippen LogP contribution in [0.25, 0.3) is 0 Å². The second-order valence-corrected chi connectivity index (χ2v) is 3.08. The van der Waals surface area contributed by atoms with Crippen molar-refractivity contribution in [3.05, 3.63) is 35.9 Å². The van der Waals surface area contributed by atoms with Crippen LogP contribution >= 0.6 is 0 Å². The molecule has 0 amide bonds. The number of esters is 1. The van der Waals surface area contributed by atoms with Crippen molar-refractivity contribution in [3.63, 3.8) is 0 Å². The fraction of sp³-hybridized carbons (Fsp3) is 0. The highest BCUT2D eigenvalue weighted by atomic mass is 16.5. The van der Waals surface area contributed by atoms with Gasteiger partial charge < -0.3 is 20.1 Å². The van der Waals surface area contributed by atoms with Crippen LogP contribution in [0.15, 0.2) is 30.4 Å². The standard InChI is InChI=1S/C11H8O7/c12-8-2-1-6(5-7(8)11(16)17)18-10(15)4-3-9(13)14/h1-5,12H,(H,13,14)(H,16,17). The number of rotatable bonds is 4. The van der Waals surface area contributed by atoms with Crippen LogP contribution in [0.1, 0.15) is 10.4 Å². The first-order chi connectivity index (χ1) is 8.40. The van der Waals surface area contributed by atoms with E-state index in [1.54, 1.807) is 0 Å². The minimum Gasteiger partial charge on any atom is -0.507 e. The summed E-state index contributed by atoms with van der Waals surface area (Å²) in [5, 5.41) is 26.2. The van der Waals surface area contributed by atoms with E-state index in [-0.39, 0.29) is 5.75 Å². The van der Waals surface area contributed by atoms with Gasteiger partial charge in [-0.15, -0.1) is 0 Å². The van der Waals surface area contributed by atoms with Gasteiger partial charge in [-0.1, -0.05) is 0 Å². The van der Waals surface area contributed by atoms with Crippen molar-refractivity contribution in [1.82, 2.24) is 0 Å². The smallest absolute Gasteiger partial charge is 0.339 e. The number of ether oxygens (including phenoxy) is 1. The summed E-state index contributed by atoms with van der Waals surface area (Å²) >= 11 is 0. The van der Waals surface area contributed by atoms with Crippen molar-refractivity contribution in [3.8, 4) is 11.5 Å². The van der Waals surface area contributed by atoms with Gasteiger partial charge in [-0.05, 0) is 18.2 Å². The van der Waals surface area contributed by atoms with Gasteiger partial charge in [0.15, 0.2) is 0 Å². The number of aromatic carboxylic acids is 1. The molecule has 94 valence electrons. The summed E-state index contributed by atoms with van der Waals surface area (Å²) in [4.78, 5) is 31.9. The summed E-state index contributed by atoms with van der Waals surface area (Å²) < 4.78 is 4.65. The summed E-state index contributed by atoms with van der Waals surface area (Å²) in [5.41, 5.74) is -0.428. The molecule has 1 aromatic rings. The molecule has 7 heteroatoms. The second-order valence-electron chi connectivity index (χ2n) is 3.08. The lowest BCUT2D eigenvalue weighted by Gasteiger charge is -2.04. The van der Waals surface area contributed by atoms with Crippen LogP contribution in [0.3, 0.4) is 0 Å². The Bertz CT molecular complexity index is 530. The number of carboxylic acids is 2. The molecule has 0 fully saturated rings. The maximum Gasteiger partial charge on any atom is 0.339 e. The molecule has 3 N–H and O–H groups in total. The Morgan fingerprint density at radius 3 is 2.33 bits per heavy atom. The molecule has 18 heavy (non-hydrogen) atoms. The third kappa shape index (κ3) is 3.63. The fourth-order valence-electron chi connectivity index (χ4n) is 1.04. The van der Waals surface area contributed by atoms with Crippen LogP contribution < -0.4 is 4.74 Å². The first kappa shape index (κ1) is 13.2. The monoisotopic (exact) mass is 252 g/mol. The Kier molecular flexibility index (Phi) is 4.03. The van der Waals surface area contributed by atoms with Gasteiger partial charge in [0.05, 0.1) is 0 Å². The van der Waals surface area contributed by atoms with E-state index >= 15 is 0 Å². The number of carbonyl (C=O) groups excluding carboxylic acids is 1. The number of hydrogen-bond acceptors (Lipinski definition) is 5. The molecule has 0 bridgehead atoms. The summed E-state index contributed by atoms with van der Waals surface area (Å²) in [6.45, 7) is 0. The number of phenols is 1. The summed E-state index contributed by atoms with van der Waals surface area (Å²) in [6.07, 6.45) is 1.26. The highest BCUT2D eigenvalue weighted by molar-refractivity contribution is 5.93. The third-order valence-electron chi connectivity index (χ3n) is 1.78. The van der Waals surface area contributed by atoms with Crippen molar-refractivity contribution in [2.45, 2.75) is 0 Å². The number of aromatic hydroxyl groups is 1. The molecule has 0 heterocycles. The van der Waals surface area contributed by atoms with Gasteiger partial charge in [-0.2, -0.15) is 0 Å². The lowest BCUT2D eigenvalue weighted by molar-refractivity contribution is -0.133. The van der Waals surface area contributed by atoms with Gasteiger partial charge in [0.1, 0.15) is 17.1 Å². The fourth-order valence-corrected chi connectivity index (χ4v) is 1.04. The first-order valence-electron chi connectivity index (χ1n) is 4.59. The topological polar surface area (TPSA) is 121 Å². The minimum atomic E-state index is -1.38. The molecule has 0 saturated carbocycles. The lowest BCUT2D eigenvalue weighted by Crippen LogP contribution is -2.06. The molecule has 0 aromatic heterocycles. The van der Waals surface area contributed by atoms with E-state index in [1.165, 1.54) is 6.07 Å². The predicted molar refractivity (Wildman–Crippen MR) is 57.5 cm³/mol. The van der Waals surface area contributed by atoms with Crippen LogP contribution in [0.2, 0.25) is 0 Å². The quantitative estimate of drug-likeness (QED) is 0.408. The molecule has 7 nitrogen and oxygen atoms in total. The molecular formula is C11H8O7. The largest absolute Gasteiger partial charge is 0.507 e. The zero-order valence-electron chi connectivity index (χ0n) is 8.86. The summed E-state index contributed by atoms with van der Waals surface area (Å²) in [6, 6.07) is 3.17. The molecule has 0 aliphatic carbocycles. The van der Waals surface area contributed by atoms with Crippen LogP contribution in [0, 0.1) is 0 Å². The molecule has 0 unspecified atom stereocenters. The molecular weight excluding hydrogens is 244 g/mol. The highest BCUT2D eigenvalue weighted by Crippen LogP contribution is 2.23. The Hall–Kier alpha value is -2.83. The number of carbonyl (C=O) groups is 3. The van der Waals surface area contributed by atoms with Crippen LogP contribution in [0.4, 0.5) is 0 Å². The molecule has 0 spiro atoms. The Labute approximate surface area is 101 Å². The molecule has 1 rings (SSSR count). The first-order valence-corrected chi connectivity index (χ1v) is 4.59. The van der Waals surface area contributed by atoms with E-state index < -0.39 is 29.2 Å². The van der Waals surface area contributed by atoms with Crippen molar-refractivity contribution < 1.29 is 34.4 Å². The van der Waals surface area contributed by atoms with Gasteiger partial charge >= 0.3 is 17.9 Å². The highest BCUT2D eigenvalue weighted by Gasteiger charge is 2.12. The molecule has 0 saturated heterocycles. The van der Waals surface area contributed by atoms with E-state index in [0.29, 0.717) is 12.2 Å². The van der Waals surface area contributed by atoms with Gasteiger partial charge in [0, 0.05) is 12.2 Å². The maximum atomic E-state index is 11.1. The van der Waals surface area contributed by atoms with E-state index in [2.05, 4.69) is 4.74 Å². The number of benzene rings is 1. The lowest BCUT2D eigenvalue weighted by atomic mass is 10.2. The van der Waals surface area contributed by atoms with E-state index in [9.17, 15) is 19.5 Å². The number of hydrogen-bond donors (Lipinski definition) is 3. The van der Waals surface area contributed by atoms with Crippen molar-refractivity contribution in [2.24, 2.45) is 0 Å². The van der Waals surface area contributed by atoms with Crippen molar-refractivity contribution in [2.75, 3.05) is 0 Å². The molecule has 0 aliphatic heterocycles. The number of aliphatic carboxylic acids is 1. The van der Waals surface area contributed by atoms with Crippen LogP contribution in [-0.4, -0.2) is 33.2 Å². The summed E-state index contributed by atoms with van der Waals surface area (Å²) in [5.74, 6) is -4.26. The Morgan fingerprint density at radius 1 is 1.11 bits per heavy atom. The molecule has 1 aromatic carbocycles. The van der Waals surface area contributed by atoms with Crippen LogP contribution in [-0.2, 0) is 9.59 Å². The number of carboxylic acid groups (broad SMARTS) is 2. The minimum absolute atomic E-state index is 0.120. The van der Waals surface area contributed by atoms with E-state index in [0.717, 1.165) is 12.1 Å². The summed E-state index contributed by atoms with van der Waals surface area (Å²) in [7, 11) is 0. The molecule has 0 aliphatic rings. The normalized spacial score (nSPS) is 10.2. The average molecular weight is 252 g/mol. The van der Waals surface area contributed by atoms with Gasteiger partial charge in [0.2, 0.25) is 0 Å². The molecule has 0 radical (unpaired) electrons. The van der Waals surface area contributed by atoms with Gasteiger partial charge in [-0.25, -0.2) is 14.4 Å². The zero-order valence-corrected chi connectivity index (χ0v) is 8.86. The van der Waals surface area contributed by atoms with Crippen molar-refractivity contribution >= 4 is 17.9 Å². The maximum absolute atomic E-state index is 11.1. The predicted octanol–water partition coefficient (Wildman–Crippen LogP) is 0.637. The van der Waals surface area contributed by atoms with Crippen LogP contribution in [0.5, 0.6) is 11.5 Å². The Balaban J connectivity index is 2.86. The van der Waals surface area contributed by atoms with E-state index in [4.69, 9.17) is 10.2 Å². The van der Waals surface area contributed by atoms with Gasteiger partial charge in [0.25, 0.3) is 0 Å². The van der Waals surface area contributed by atoms with Crippen molar-refractivity contribution in [1.29, 1.82) is 0 Å². The zero-order chi connectivity index (χ0) is 13.7. The molecule has 0 atom stereocenters. The SMILES string of the molecule is O=C(O)C=CC(=O)Oc1ccc(O)c(C(=O)O)c1. The van der Waals surface area contributed by atoms with Gasteiger partial charge in [-0.3, -0.25) is 0 Å². The third-order valence-corrected chi connectivity index (χ3v) is 1.78. The average Bonchev–Trinajstić information content (AvgIpc) is 2.28. The Morgan fingerprint density at radius 2 is 1.78 bits per heavy atom. The van der Waals surface area contributed by atoms with E-state index in [1.807, 2.05) is 0 Å².